The average Bonchev–Trinajstić information content (AvgIpc) is 3.10. The molecule has 0 unspecified atom stereocenters. The topological polar surface area (TPSA) is 55.2 Å². The number of hydrogen-bond donors (Lipinski definition) is 0. The highest BCUT2D eigenvalue weighted by Crippen LogP contribution is 2.30. The summed E-state index contributed by atoms with van der Waals surface area (Å²) in [5.41, 5.74) is 3.76. The monoisotopic (exact) mass is 491 g/mol. The number of fused-ring (bicyclic) bond motifs is 1. The zero-order valence-electron chi connectivity index (χ0n) is 20.2. The molecule has 0 aliphatic heterocycles. The fraction of sp³-hybridized carbons (Fsp3) is 0.296. The van der Waals surface area contributed by atoms with E-state index < -0.39 is 0 Å². The highest BCUT2D eigenvalue weighted by Gasteiger charge is 2.22. The molecule has 0 aliphatic carbocycles. The van der Waals surface area contributed by atoms with Crippen molar-refractivity contribution in [2.45, 2.75) is 52.4 Å². The van der Waals surface area contributed by atoms with E-state index in [0.29, 0.717) is 17.1 Å². The molecular formula is C27H29N3O2S2. The number of benzene rings is 2. The summed E-state index contributed by atoms with van der Waals surface area (Å²) in [7, 11) is 0. The lowest BCUT2D eigenvalue weighted by atomic mass is 10.2. The van der Waals surface area contributed by atoms with Gasteiger partial charge in [-0.15, -0.1) is 11.3 Å². The van der Waals surface area contributed by atoms with Gasteiger partial charge in [0, 0.05) is 17.5 Å². The number of carbonyl (C=O) groups is 1. The van der Waals surface area contributed by atoms with Crippen LogP contribution in [-0.4, -0.2) is 32.2 Å². The van der Waals surface area contributed by atoms with Crippen LogP contribution in [0.5, 0.6) is 0 Å². The van der Waals surface area contributed by atoms with Crippen molar-refractivity contribution in [3.63, 3.8) is 0 Å². The van der Waals surface area contributed by atoms with E-state index >= 15 is 0 Å². The van der Waals surface area contributed by atoms with Crippen LogP contribution in [0.1, 0.15) is 35.4 Å². The minimum absolute atomic E-state index is 0.0214. The molecule has 1 amide bonds. The summed E-state index contributed by atoms with van der Waals surface area (Å²) in [6.07, 6.45) is 0. The molecule has 0 N–H and O–H groups in total. The molecule has 0 spiro atoms. The summed E-state index contributed by atoms with van der Waals surface area (Å²) in [6.45, 7) is 10.6. The van der Waals surface area contributed by atoms with Crippen LogP contribution in [0.2, 0.25) is 0 Å². The van der Waals surface area contributed by atoms with Crippen molar-refractivity contribution in [3.05, 3.63) is 86.5 Å². The molecule has 0 saturated carbocycles. The van der Waals surface area contributed by atoms with Crippen molar-refractivity contribution in [1.82, 2.24) is 14.5 Å². The minimum Gasteiger partial charge on any atom is -0.335 e. The molecule has 2 heterocycles. The van der Waals surface area contributed by atoms with E-state index in [9.17, 15) is 9.59 Å². The summed E-state index contributed by atoms with van der Waals surface area (Å²) in [5, 5.41) is 1.21. The van der Waals surface area contributed by atoms with Crippen molar-refractivity contribution in [1.29, 1.82) is 0 Å². The van der Waals surface area contributed by atoms with Gasteiger partial charge < -0.3 is 4.90 Å². The minimum atomic E-state index is -0.0823. The zero-order valence-corrected chi connectivity index (χ0v) is 21.8. The third-order valence-corrected chi connectivity index (χ3v) is 8.02. The van der Waals surface area contributed by atoms with Crippen LogP contribution in [0.25, 0.3) is 15.9 Å². The molecule has 7 heteroatoms. The van der Waals surface area contributed by atoms with E-state index in [1.54, 1.807) is 4.57 Å². The van der Waals surface area contributed by atoms with E-state index in [4.69, 9.17) is 4.98 Å². The van der Waals surface area contributed by atoms with Gasteiger partial charge >= 0.3 is 0 Å². The molecule has 0 fully saturated rings. The first-order valence-corrected chi connectivity index (χ1v) is 13.1. The Bertz CT molecular complexity index is 1390. The molecule has 4 aromatic rings. The van der Waals surface area contributed by atoms with Crippen molar-refractivity contribution in [2.24, 2.45) is 0 Å². The van der Waals surface area contributed by atoms with Gasteiger partial charge in [0.2, 0.25) is 5.91 Å². The van der Waals surface area contributed by atoms with Crippen molar-refractivity contribution in [2.75, 3.05) is 5.75 Å². The van der Waals surface area contributed by atoms with Crippen molar-refractivity contribution < 1.29 is 4.79 Å². The number of thioether (sulfide) groups is 1. The van der Waals surface area contributed by atoms with Crippen LogP contribution in [0.4, 0.5) is 0 Å². The number of aromatic nitrogens is 2. The van der Waals surface area contributed by atoms with Crippen molar-refractivity contribution in [3.8, 4) is 5.69 Å². The Morgan fingerprint density at radius 3 is 2.41 bits per heavy atom. The Morgan fingerprint density at radius 1 is 1.06 bits per heavy atom. The van der Waals surface area contributed by atoms with E-state index in [2.05, 4.69) is 0 Å². The number of hydrogen-bond acceptors (Lipinski definition) is 5. The molecule has 0 bridgehead atoms. The number of nitrogens with zero attached hydrogens (tertiary/aromatic N) is 3. The highest BCUT2D eigenvalue weighted by molar-refractivity contribution is 7.99. The number of rotatable bonds is 7. The van der Waals surface area contributed by atoms with E-state index in [1.165, 1.54) is 23.1 Å². The smallest absolute Gasteiger partial charge is 0.267 e. The highest BCUT2D eigenvalue weighted by atomic mass is 32.2. The molecule has 2 aromatic heterocycles. The standard InChI is InChI=1S/C27H29N3O2S2/c1-17(2)29(15-21-12-7-6-8-13-21)23(31)16-33-27-28-25-24(19(4)20(5)34-25)26(32)30(27)22-14-10-9-11-18(22)3/h6-14,17H,15-16H2,1-5H3. The summed E-state index contributed by atoms with van der Waals surface area (Å²) < 4.78 is 1.67. The first-order chi connectivity index (χ1) is 16.3. The Labute approximate surface area is 208 Å². The normalized spacial score (nSPS) is 11.4. The maximum atomic E-state index is 13.7. The molecular weight excluding hydrogens is 462 g/mol. The fourth-order valence-corrected chi connectivity index (χ4v) is 5.91. The number of para-hydroxylation sites is 1. The van der Waals surface area contributed by atoms with Gasteiger partial charge in [-0.3, -0.25) is 14.2 Å². The molecule has 4 rings (SSSR count). The largest absolute Gasteiger partial charge is 0.335 e. The average molecular weight is 492 g/mol. The molecule has 2 aromatic carbocycles. The molecule has 0 aliphatic rings. The molecule has 0 saturated heterocycles. The quantitative estimate of drug-likeness (QED) is 0.239. The van der Waals surface area contributed by atoms with Gasteiger partial charge in [0.25, 0.3) is 5.56 Å². The predicted octanol–water partition coefficient (Wildman–Crippen LogP) is 5.90. The Kier molecular flexibility index (Phi) is 7.24. The van der Waals surface area contributed by atoms with Gasteiger partial charge in [-0.2, -0.15) is 0 Å². The molecule has 176 valence electrons. The lowest BCUT2D eigenvalue weighted by Crippen LogP contribution is -2.37. The third-order valence-electron chi connectivity index (χ3n) is 5.99. The number of aryl methyl sites for hydroxylation is 3. The maximum Gasteiger partial charge on any atom is 0.267 e. The predicted molar refractivity (Wildman–Crippen MR) is 142 cm³/mol. The molecule has 0 atom stereocenters. The summed E-state index contributed by atoms with van der Waals surface area (Å²) in [5.74, 6) is 0.228. The second kappa shape index (κ2) is 10.2. The van der Waals surface area contributed by atoms with Gasteiger partial charge in [0.05, 0.1) is 16.8 Å². The third kappa shape index (κ3) is 4.81. The first kappa shape index (κ1) is 24.2. The van der Waals surface area contributed by atoms with E-state index in [-0.39, 0.29) is 23.3 Å². The maximum absolute atomic E-state index is 13.7. The van der Waals surface area contributed by atoms with Crippen LogP contribution in [0.15, 0.2) is 64.5 Å². The zero-order chi connectivity index (χ0) is 24.4. The van der Waals surface area contributed by atoms with E-state index in [0.717, 1.165) is 32.1 Å². The fourth-order valence-electron chi connectivity index (χ4n) is 3.95. The van der Waals surface area contributed by atoms with Gasteiger partial charge in [-0.1, -0.05) is 60.3 Å². The van der Waals surface area contributed by atoms with Gasteiger partial charge in [-0.25, -0.2) is 4.98 Å². The Morgan fingerprint density at radius 2 is 1.74 bits per heavy atom. The Hall–Kier alpha value is -2.90. The van der Waals surface area contributed by atoms with Crippen molar-refractivity contribution >= 4 is 39.2 Å². The van der Waals surface area contributed by atoms with E-state index in [1.807, 2.05) is 94.1 Å². The summed E-state index contributed by atoms with van der Waals surface area (Å²) in [6, 6.07) is 17.9. The van der Waals surface area contributed by atoms with Crippen LogP contribution in [0, 0.1) is 20.8 Å². The number of amides is 1. The molecule has 0 radical (unpaired) electrons. The van der Waals surface area contributed by atoms with Gasteiger partial charge in [-0.05, 0) is 57.4 Å². The molecule has 34 heavy (non-hydrogen) atoms. The van der Waals surface area contributed by atoms with Crippen LogP contribution < -0.4 is 5.56 Å². The van der Waals surface area contributed by atoms with Crippen LogP contribution in [-0.2, 0) is 11.3 Å². The summed E-state index contributed by atoms with van der Waals surface area (Å²) in [4.78, 5) is 35.5. The SMILES string of the molecule is Cc1ccccc1-n1c(SCC(=O)N(Cc2ccccc2)C(C)C)nc2sc(C)c(C)c2c1=O. The van der Waals surface area contributed by atoms with Gasteiger partial charge in [0.15, 0.2) is 5.16 Å². The lowest BCUT2D eigenvalue weighted by molar-refractivity contribution is -0.130. The number of carbonyl (C=O) groups excluding carboxylic acids is 1. The number of thiophene rings is 1. The van der Waals surface area contributed by atoms with Gasteiger partial charge in [0.1, 0.15) is 4.83 Å². The van der Waals surface area contributed by atoms with Crippen LogP contribution in [0.3, 0.4) is 0 Å². The molecule has 5 nitrogen and oxygen atoms in total. The van der Waals surface area contributed by atoms with Crippen LogP contribution >= 0.6 is 23.1 Å². The first-order valence-electron chi connectivity index (χ1n) is 11.3. The second-order valence-corrected chi connectivity index (χ2v) is 10.8. The Balaban J connectivity index is 1.71. The summed E-state index contributed by atoms with van der Waals surface area (Å²) >= 11 is 2.86. The lowest BCUT2D eigenvalue weighted by Gasteiger charge is -2.27. The second-order valence-electron chi connectivity index (χ2n) is 8.67.